The molecule has 1 aromatic rings. The van der Waals surface area contributed by atoms with Gasteiger partial charge >= 0.3 is 12.0 Å². The van der Waals surface area contributed by atoms with Gasteiger partial charge in [-0.2, -0.15) is 0 Å². The van der Waals surface area contributed by atoms with E-state index in [1.165, 1.54) is 11.8 Å². The summed E-state index contributed by atoms with van der Waals surface area (Å²) in [7, 11) is 0. The first kappa shape index (κ1) is 21.7. The van der Waals surface area contributed by atoms with Crippen LogP contribution in [0.4, 0.5) is 10.5 Å². The number of benzene rings is 1. The number of fused-ring (bicyclic) bond motifs is 1. The van der Waals surface area contributed by atoms with E-state index >= 15 is 0 Å². The molecule has 152 valence electrons. The molecule has 0 spiro atoms. The molecule has 9 heteroatoms. The van der Waals surface area contributed by atoms with Crippen LogP contribution < -0.4 is 15.5 Å². The number of esters is 1. The quantitative estimate of drug-likeness (QED) is 0.638. The number of nitrogens with one attached hydrogen (secondary N) is 2. The Morgan fingerprint density at radius 2 is 2.00 bits per heavy atom. The van der Waals surface area contributed by atoms with Gasteiger partial charge in [0.15, 0.2) is 6.61 Å². The lowest BCUT2D eigenvalue weighted by Gasteiger charge is -2.28. The zero-order valence-corrected chi connectivity index (χ0v) is 16.8. The predicted molar refractivity (Wildman–Crippen MR) is 106 cm³/mol. The van der Waals surface area contributed by atoms with Crippen molar-refractivity contribution >= 4 is 41.3 Å². The minimum atomic E-state index is -0.703. The van der Waals surface area contributed by atoms with Gasteiger partial charge in [0, 0.05) is 18.0 Å². The van der Waals surface area contributed by atoms with Gasteiger partial charge in [0.05, 0.1) is 17.9 Å². The standard InChI is InChI=1S/C19H25N3O5S/c1-13(2)7-9-20-19(26)21-16(23)11-27-18(25)8-10-22-14-5-3-4-6-15(14)28-12-17(22)24/h3-6,13H,7-12H2,1-2H3,(H2,20,21,23,26). The van der Waals surface area contributed by atoms with Gasteiger partial charge in [0.2, 0.25) is 5.91 Å². The molecular weight excluding hydrogens is 382 g/mol. The summed E-state index contributed by atoms with van der Waals surface area (Å²) in [5.74, 6) is -0.632. The van der Waals surface area contributed by atoms with Crippen LogP contribution in [0.1, 0.15) is 26.7 Å². The van der Waals surface area contributed by atoms with Crippen molar-refractivity contribution in [3.05, 3.63) is 24.3 Å². The number of thioether (sulfide) groups is 1. The number of amides is 4. The summed E-state index contributed by atoms with van der Waals surface area (Å²) in [6.07, 6.45) is 0.756. The maximum atomic E-state index is 12.1. The molecule has 0 unspecified atom stereocenters. The fourth-order valence-corrected chi connectivity index (χ4v) is 3.44. The average molecular weight is 407 g/mol. The summed E-state index contributed by atoms with van der Waals surface area (Å²) in [4.78, 5) is 49.8. The number of carbonyl (C=O) groups excluding carboxylic acids is 4. The van der Waals surface area contributed by atoms with E-state index in [2.05, 4.69) is 10.6 Å². The third-order valence-corrected chi connectivity index (χ3v) is 5.02. The number of urea groups is 1. The number of carbonyl (C=O) groups is 4. The highest BCUT2D eigenvalue weighted by Gasteiger charge is 2.25. The minimum absolute atomic E-state index is 0.0430. The van der Waals surface area contributed by atoms with Gasteiger partial charge in [0.1, 0.15) is 0 Å². The van der Waals surface area contributed by atoms with E-state index < -0.39 is 24.5 Å². The number of nitrogens with zero attached hydrogens (tertiary/aromatic N) is 1. The molecule has 1 aliphatic heterocycles. The Morgan fingerprint density at radius 1 is 1.25 bits per heavy atom. The third kappa shape index (κ3) is 6.88. The molecular formula is C19H25N3O5S. The van der Waals surface area contributed by atoms with Crippen LogP contribution in [0.25, 0.3) is 0 Å². The first-order valence-corrected chi connectivity index (χ1v) is 10.1. The largest absolute Gasteiger partial charge is 0.456 e. The second kappa shape index (κ2) is 10.7. The zero-order chi connectivity index (χ0) is 20.5. The van der Waals surface area contributed by atoms with Crippen LogP contribution in [0.2, 0.25) is 0 Å². The Hall–Kier alpha value is -2.55. The van der Waals surface area contributed by atoms with Crippen LogP contribution in [-0.2, 0) is 19.1 Å². The first-order chi connectivity index (χ1) is 13.4. The van der Waals surface area contributed by atoms with Gasteiger partial charge in [-0.15, -0.1) is 11.8 Å². The highest BCUT2D eigenvalue weighted by atomic mass is 32.2. The molecule has 2 rings (SSSR count). The van der Waals surface area contributed by atoms with Crippen LogP contribution >= 0.6 is 11.8 Å². The van der Waals surface area contributed by atoms with E-state index in [-0.39, 0.29) is 18.9 Å². The molecule has 8 nitrogen and oxygen atoms in total. The highest BCUT2D eigenvalue weighted by Crippen LogP contribution is 2.34. The molecule has 28 heavy (non-hydrogen) atoms. The number of rotatable bonds is 8. The summed E-state index contributed by atoms with van der Waals surface area (Å²) in [6.45, 7) is 4.14. The number of hydrogen-bond acceptors (Lipinski definition) is 6. The fraction of sp³-hybridized carbons (Fsp3) is 0.474. The van der Waals surface area contributed by atoms with Crippen LogP contribution in [0, 0.1) is 5.92 Å². The van der Waals surface area contributed by atoms with Gasteiger partial charge in [-0.1, -0.05) is 26.0 Å². The van der Waals surface area contributed by atoms with Gasteiger partial charge in [0.25, 0.3) is 5.91 Å². The van der Waals surface area contributed by atoms with Crippen LogP contribution in [0.5, 0.6) is 0 Å². The molecule has 2 N–H and O–H groups in total. The fourth-order valence-electron chi connectivity index (χ4n) is 2.50. The second-order valence-corrected chi connectivity index (χ2v) is 7.72. The summed E-state index contributed by atoms with van der Waals surface area (Å²) in [6, 6.07) is 6.87. The lowest BCUT2D eigenvalue weighted by molar-refractivity contribution is -0.148. The van der Waals surface area contributed by atoms with Crippen LogP contribution in [0.15, 0.2) is 29.2 Å². The Balaban J connectivity index is 1.71. The maximum absolute atomic E-state index is 12.1. The molecule has 1 aromatic carbocycles. The molecule has 0 saturated heterocycles. The summed E-state index contributed by atoms with van der Waals surface area (Å²) in [5, 5.41) is 4.66. The average Bonchev–Trinajstić information content (AvgIpc) is 2.65. The SMILES string of the molecule is CC(C)CCNC(=O)NC(=O)COC(=O)CCN1C(=O)CSc2ccccc21. The van der Waals surface area contributed by atoms with Crippen molar-refractivity contribution in [2.45, 2.75) is 31.6 Å². The Kier molecular flexibility index (Phi) is 8.31. The Labute approximate surface area is 168 Å². The van der Waals surface area contributed by atoms with Gasteiger partial charge in [-0.25, -0.2) is 4.79 Å². The van der Waals surface area contributed by atoms with E-state index in [0.717, 1.165) is 17.0 Å². The van der Waals surface area contributed by atoms with Crippen LogP contribution in [0.3, 0.4) is 0 Å². The molecule has 0 radical (unpaired) electrons. The van der Waals surface area contributed by atoms with Crippen molar-refractivity contribution in [3.8, 4) is 0 Å². The number of hydrogen-bond donors (Lipinski definition) is 2. The number of anilines is 1. The predicted octanol–water partition coefficient (Wildman–Crippen LogP) is 1.93. The van der Waals surface area contributed by atoms with Crippen molar-refractivity contribution in [3.63, 3.8) is 0 Å². The van der Waals surface area contributed by atoms with E-state index in [9.17, 15) is 19.2 Å². The molecule has 1 heterocycles. The Morgan fingerprint density at radius 3 is 2.75 bits per heavy atom. The number of para-hydroxylation sites is 1. The van der Waals surface area contributed by atoms with Gasteiger partial charge < -0.3 is 15.0 Å². The topological polar surface area (TPSA) is 105 Å². The molecule has 1 aliphatic rings. The minimum Gasteiger partial charge on any atom is -0.456 e. The molecule has 0 atom stereocenters. The smallest absolute Gasteiger partial charge is 0.321 e. The molecule has 0 fully saturated rings. The summed E-state index contributed by atoms with van der Waals surface area (Å²) < 4.78 is 4.89. The van der Waals surface area contributed by atoms with Crippen LogP contribution in [-0.4, -0.2) is 49.3 Å². The Bertz CT molecular complexity index is 738. The summed E-state index contributed by atoms with van der Waals surface area (Å²) in [5.41, 5.74) is 0.771. The van der Waals surface area contributed by atoms with E-state index in [4.69, 9.17) is 4.74 Å². The first-order valence-electron chi connectivity index (χ1n) is 9.12. The zero-order valence-electron chi connectivity index (χ0n) is 16.0. The molecule has 0 aromatic heterocycles. The molecule has 0 bridgehead atoms. The second-order valence-electron chi connectivity index (χ2n) is 6.70. The normalized spacial score (nSPS) is 13.1. The number of imide groups is 1. The molecule has 4 amide bonds. The maximum Gasteiger partial charge on any atom is 0.321 e. The highest BCUT2D eigenvalue weighted by molar-refractivity contribution is 8.00. The van der Waals surface area contributed by atoms with Crippen molar-refractivity contribution in [2.24, 2.45) is 5.92 Å². The number of ether oxygens (including phenoxy) is 1. The summed E-state index contributed by atoms with van der Waals surface area (Å²) >= 11 is 1.46. The van der Waals surface area contributed by atoms with Gasteiger partial charge in [-0.05, 0) is 24.5 Å². The lowest BCUT2D eigenvalue weighted by atomic mass is 10.1. The van der Waals surface area contributed by atoms with Crippen molar-refractivity contribution in [1.29, 1.82) is 0 Å². The third-order valence-electron chi connectivity index (χ3n) is 3.97. The molecule has 0 saturated carbocycles. The van der Waals surface area contributed by atoms with E-state index in [1.54, 1.807) is 4.90 Å². The van der Waals surface area contributed by atoms with Crippen molar-refractivity contribution < 1.29 is 23.9 Å². The van der Waals surface area contributed by atoms with Crippen molar-refractivity contribution in [1.82, 2.24) is 10.6 Å². The molecule has 0 aliphatic carbocycles. The van der Waals surface area contributed by atoms with Crippen molar-refractivity contribution in [2.75, 3.05) is 30.3 Å². The van der Waals surface area contributed by atoms with Gasteiger partial charge in [-0.3, -0.25) is 19.7 Å². The monoisotopic (exact) mass is 407 g/mol. The lowest BCUT2D eigenvalue weighted by Crippen LogP contribution is -2.42. The van der Waals surface area contributed by atoms with E-state index in [0.29, 0.717) is 18.2 Å². The van der Waals surface area contributed by atoms with E-state index in [1.807, 2.05) is 38.1 Å².